The summed E-state index contributed by atoms with van der Waals surface area (Å²) >= 11 is 6.07. The highest BCUT2D eigenvalue weighted by atomic mass is 35.5. The molecule has 0 aliphatic rings. The van der Waals surface area contributed by atoms with Gasteiger partial charge in [0.15, 0.2) is 0 Å². The molecule has 112 valence electrons. The molecule has 0 fully saturated rings. The van der Waals surface area contributed by atoms with Crippen LogP contribution in [0.15, 0.2) is 18.2 Å². The van der Waals surface area contributed by atoms with Gasteiger partial charge in [0.2, 0.25) is 0 Å². The van der Waals surface area contributed by atoms with Gasteiger partial charge in [-0.1, -0.05) is 11.6 Å². The predicted molar refractivity (Wildman–Crippen MR) is 80.6 cm³/mol. The lowest BCUT2D eigenvalue weighted by molar-refractivity contribution is 0.0501. The molecule has 6 heteroatoms. The molecule has 0 unspecified atom stereocenters. The van der Waals surface area contributed by atoms with E-state index in [-0.39, 0.29) is 12.6 Å². The summed E-state index contributed by atoms with van der Waals surface area (Å²) in [6, 6.07) is 4.72. The number of nitrogens with one attached hydrogen (secondary N) is 1. The summed E-state index contributed by atoms with van der Waals surface area (Å²) < 4.78 is 5.05. The lowest BCUT2D eigenvalue weighted by Gasteiger charge is -2.28. The first-order valence-electron chi connectivity index (χ1n) is 6.38. The zero-order chi connectivity index (χ0) is 15.3. The Bertz CT molecular complexity index is 472. The number of hydrogen-bond donors (Lipinski definition) is 2. The van der Waals surface area contributed by atoms with Gasteiger partial charge in [-0.2, -0.15) is 0 Å². The van der Waals surface area contributed by atoms with Gasteiger partial charge in [0, 0.05) is 12.6 Å². The zero-order valence-electron chi connectivity index (χ0n) is 12.2. The number of methoxy groups -OCH3 is 1. The highest BCUT2D eigenvalue weighted by Gasteiger charge is 2.21. The summed E-state index contributed by atoms with van der Waals surface area (Å²) in [5.74, 6) is 0.622. The fourth-order valence-electron chi connectivity index (χ4n) is 1.71. The van der Waals surface area contributed by atoms with Gasteiger partial charge in [-0.15, -0.1) is 0 Å². The van der Waals surface area contributed by atoms with Crippen LogP contribution in [0.2, 0.25) is 5.02 Å². The van der Waals surface area contributed by atoms with Crippen LogP contribution in [0, 0.1) is 0 Å². The smallest absolute Gasteiger partial charge is 0.321 e. The number of ether oxygens (including phenoxy) is 1. The Hall–Kier alpha value is -1.46. The van der Waals surface area contributed by atoms with Crippen molar-refractivity contribution in [2.45, 2.75) is 26.4 Å². The molecule has 0 saturated heterocycles. The Morgan fingerprint density at radius 3 is 2.60 bits per heavy atom. The summed E-state index contributed by atoms with van der Waals surface area (Å²) in [7, 11) is 1.55. The Morgan fingerprint density at radius 1 is 1.50 bits per heavy atom. The summed E-state index contributed by atoms with van der Waals surface area (Å²) in [6.45, 7) is 5.89. The Balaban J connectivity index is 2.78. The van der Waals surface area contributed by atoms with E-state index in [2.05, 4.69) is 5.32 Å². The number of hydrogen-bond acceptors (Lipinski definition) is 3. The van der Waals surface area contributed by atoms with Crippen LogP contribution in [0.25, 0.3) is 0 Å². The number of rotatable bonds is 5. The highest BCUT2D eigenvalue weighted by molar-refractivity contribution is 6.33. The molecule has 1 aromatic carbocycles. The van der Waals surface area contributed by atoms with Gasteiger partial charge >= 0.3 is 6.03 Å². The van der Waals surface area contributed by atoms with Gasteiger partial charge < -0.3 is 20.1 Å². The maximum absolute atomic E-state index is 12.1. The first-order valence-corrected chi connectivity index (χ1v) is 6.76. The fraction of sp³-hybridized carbons (Fsp3) is 0.500. The maximum atomic E-state index is 12.1. The molecule has 0 aromatic heterocycles. The van der Waals surface area contributed by atoms with Gasteiger partial charge in [-0.05, 0) is 32.9 Å². The van der Waals surface area contributed by atoms with Crippen molar-refractivity contribution in [2.75, 3.05) is 25.5 Å². The molecule has 0 atom stereocenters. The molecule has 2 N–H and O–H groups in total. The minimum absolute atomic E-state index is 0.239. The topological polar surface area (TPSA) is 61.8 Å². The number of nitrogens with zero attached hydrogens (tertiary/aromatic N) is 1. The van der Waals surface area contributed by atoms with E-state index < -0.39 is 5.60 Å². The van der Waals surface area contributed by atoms with E-state index in [1.165, 1.54) is 4.90 Å². The molecule has 0 aliphatic carbocycles. The second-order valence-electron chi connectivity index (χ2n) is 5.10. The molecule has 0 aliphatic heterocycles. The van der Waals surface area contributed by atoms with E-state index in [1.807, 2.05) is 6.92 Å². The number of carbonyl (C=O) groups excluding carboxylic acids is 1. The van der Waals surface area contributed by atoms with Crippen molar-refractivity contribution in [3.63, 3.8) is 0 Å². The van der Waals surface area contributed by atoms with E-state index in [4.69, 9.17) is 16.3 Å². The standard InChI is InChI=1S/C14H21ClN2O3/c1-5-17(9-14(2,3)19)13(18)16-12-7-6-10(20-4)8-11(12)15/h6-8,19H,5,9H2,1-4H3,(H,16,18). The number of anilines is 1. The van der Waals surface area contributed by atoms with Crippen molar-refractivity contribution >= 4 is 23.3 Å². The van der Waals surface area contributed by atoms with Gasteiger partial charge in [0.1, 0.15) is 5.75 Å². The number of benzene rings is 1. The molecular formula is C14H21ClN2O3. The molecule has 0 saturated carbocycles. The van der Waals surface area contributed by atoms with Gasteiger partial charge in [-0.3, -0.25) is 0 Å². The normalized spacial score (nSPS) is 11.1. The fourth-order valence-corrected chi connectivity index (χ4v) is 1.93. The molecule has 0 spiro atoms. The van der Waals surface area contributed by atoms with Crippen LogP contribution in [0.1, 0.15) is 20.8 Å². The van der Waals surface area contributed by atoms with E-state index in [1.54, 1.807) is 39.2 Å². The molecule has 0 bridgehead atoms. The van der Waals surface area contributed by atoms with Crippen molar-refractivity contribution in [3.05, 3.63) is 23.2 Å². The highest BCUT2D eigenvalue weighted by Crippen LogP contribution is 2.26. The SMILES string of the molecule is CCN(CC(C)(C)O)C(=O)Nc1ccc(OC)cc1Cl. The second-order valence-corrected chi connectivity index (χ2v) is 5.51. The summed E-state index contributed by atoms with van der Waals surface area (Å²) in [5, 5.41) is 12.9. The molecule has 0 radical (unpaired) electrons. The second kappa shape index (κ2) is 6.81. The average Bonchev–Trinajstić information content (AvgIpc) is 2.37. The first-order chi connectivity index (χ1) is 9.26. The van der Waals surface area contributed by atoms with Crippen LogP contribution in [0.5, 0.6) is 5.75 Å². The lowest BCUT2D eigenvalue weighted by atomic mass is 10.1. The monoisotopic (exact) mass is 300 g/mol. The lowest BCUT2D eigenvalue weighted by Crippen LogP contribution is -2.44. The van der Waals surface area contributed by atoms with Crippen molar-refractivity contribution in [1.82, 2.24) is 4.90 Å². The maximum Gasteiger partial charge on any atom is 0.321 e. The van der Waals surface area contributed by atoms with Crippen molar-refractivity contribution in [1.29, 1.82) is 0 Å². The number of likely N-dealkylation sites (N-methyl/N-ethyl adjacent to an activating group) is 1. The number of amides is 2. The number of urea groups is 1. The Morgan fingerprint density at radius 2 is 2.15 bits per heavy atom. The molecule has 0 heterocycles. The molecule has 1 aromatic rings. The zero-order valence-corrected chi connectivity index (χ0v) is 13.0. The summed E-state index contributed by atoms with van der Waals surface area (Å²) in [4.78, 5) is 13.7. The van der Waals surface area contributed by atoms with Crippen LogP contribution < -0.4 is 10.1 Å². The number of carbonyl (C=O) groups is 1. The molecule has 1 rings (SSSR count). The first kappa shape index (κ1) is 16.6. The third-order valence-corrected chi connectivity index (χ3v) is 2.98. The third kappa shape index (κ3) is 4.90. The van der Waals surface area contributed by atoms with Crippen molar-refractivity contribution < 1.29 is 14.6 Å². The molecule has 2 amide bonds. The van der Waals surface area contributed by atoms with E-state index in [9.17, 15) is 9.90 Å². The van der Waals surface area contributed by atoms with Crippen LogP contribution in [-0.2, 0) is 0 Å². The Kier molecular flexibility index (Phi) is 5.65. The van der Waals surface area contributed by atoms with Gasteiger partial charge in [-0.25, -0.2) is 4.79 Å². The van der Waals surface area contributed by atoms with Crippen molar-refractivity contribution in [2.24, 2.45) is 0 Å². The van der Waals surface area contributed by atoms with E-state index in [0.717, 1.165) is 0 Å². The average molecular weight is 301 g/mol. The quantitative estimate of drug-likeness (QED) is 0.879. The van der Waals surface area contributed by atoms with Gasteiger partial charge in [0.05, 0.1) is 30.0 Å². The third-order valence-electron chi connectivity index (χ3n) is 2.66. The summed E-state index contributed by atoms with van der Waals surface area (Å²) in [6.07, 6.45) is 0. The van der Waals surface area contributed by atoms with E-state index >= 15 is 0 Å². The van der Waals surface area contributed by atoms with E-state index in [0.29, 0.717) is 23.0 Å². The van der Waals surface area contributed by atoms with Crippen LogP contribution >= 0.6 is 11.6 Å². The van der Waals surface area contributed by atoms with Crippen LogP contribution in [-0.4, -0.2) is 41.8 Å². The van der Waals surface area contributed by atoms with Gasteiger partial charge in [0.25, 0.3) is 0 Å². The molecule has 20 heavy (non-hydrogen) atoms. The van der Waals surface area contributed by atoms with Crippen molar-refractivity contribution in [3.8, 4) is 5.75 Å². The van der Waals surface area contributed by atoms with Crippen LogP contribution in [0.3, 0.4) is 0 Å². The minimum atomic E-state index is -0.947. The van der Waals surface area contributed by atoms with Crippen LogP contribution in [0.4, 0.5) is 10.5 Å². The molecule has 5 nitrogen and oxygen atoms in total. The predicted octanol–water partition coefficient (Wildman–Crippen LogP) is 2.97. The molecular weight excluding hydrogens is 280 g/mol. The number of halogens is 1. The largest absolute Gasteiger partial charge is 0.497 e. The Labute approximate surface area is 124 Å². The number of aliphatic hydroxyl groups is 1. The summed E-state index contributed by atoms with van der Waals surface area (Å²) in [5.41, 5.74) is -0.441. The minimum Gasteiger partial charge on any atom is -0.497 e.